The maximum absolute atomic E-state index is 6.49. The Hall–Kier alpha value is -5.09. The molecule has 0 unspecified atom stereocenters. The molecule has 4 aromatic carbocycles. The second-order valence-corrected chi connectivity index (χ2v) is 10.9. The lowest BCUT2D eigenvalue weighted by Gasteiger charge is -2.23. The van der Waals surface area contributed by atoms with Crippen molar-refractivity contribution >= 4 is 21.9 Å². The number of pyridine rings is 1. The molecule has 0 bridgehead atoms. The summed E-state index contributed by atoms with van der Waals surface area (Å²) in [5.74, 6) is 0.696. The Kier molecular flexibility index (Phi) is 4.83. The molecule has 190 valence electrons. The lowest BCUT2D eigenvalue weighted by atomic mass is 9.80. The summed E-state index contributed by atoms with van der Waals surface area (Å²) in [6.45, 7) is 4.54. The van der Waals surface area contributed by atoms with Gasteiger partial charge < -0.3 is 4.42 Å². The summed E-state index contributed by atoms with van der Waals surface area (Å²) >= 11 is 0. The van der Waals surface area contributed by atoms with Gasteiger partial charge in [0.05, 0.1) is 17.1 Å². The molecule has 4 nitrogen and oxygen atoms in total. The number of hydrogen-bond acceptors (Lipinski definition) is 4. The molecule has 0 radical (unpaired) electrons. The number of hydrogen-bond donors (Lipinski definition) is 0. The number of rotatable bonds is 3. The number of aromatic nitrogens is 3. The zero-order valence-corrected chi connectivity index (χ0v) is 22.2. The molecule has 4 heteroatoms. The second-order valence-electron chi connectivity index (χ2n) is 10.9. The second kappa shape index (κ2) is 8.45. The van der Waals surface area contributed by atoms with Crippen LogP contribution in [0.4, 0.5) is 0 Å². The van der Waals surface area contributed by atoms with Gasteiger partial charge in [-0.2, -0.15) is 0 Å². The van der Waals surface area contributed by atoms with Crippen molar-refractivity contribution < 1.29 is 4.42 Å². The monoisotopic (exact) mass is 515 g/mol. The van der Waals surface area contributed by atoms with Crippen molar-refractivity contribution in [2.45, 2.75) is 19.3 Å². The van der Waals surface area contributed by atoms with E-state index in [0.29, 0.717) is 5.82 Å². The van der Waals surface area contributed by atoms with E-state index >= 15 is 0 Å². The van der Waals surface area contributed by atoms with E-state index < -0.39 is 0 Å². The molecule has 0 amide bonds. The lowest BCUT2D eigenvalue weighted by molar-refractivity contribution is 0.655. The Balaban J connectivity index is 1.40. The van der Waals surface area contributed by atoms with Crippen molar-refractivity contribution in [3.63, 3.8) is 0 Å². The van der Waals surface area contributed by atoms with E-state index in [0.717, 1.165) is 66.8 Å². The molecule has 0 atom stereocenters. The van der Waals surface area contributed by atoms with Crippen LogP contribution in [0.15, 0.2) is 120 Å². The largest absolute Gasteiger partial charge is 0.455 e. The van der Waals surface area contributed by atoms with Crippen LogP contribution in [0.25, 0.3) is 67.1 Å². The molecule has 8 rings (SSSR count). The predicted octanol–water partition coefficient (Wildman–Crippen LogP) is 9.08. The Morgan fingerprint density at radius 2 is 1.27 bits per heavy atom. The van der Waals surface area contributed by atoms with Gasteiger partial charge in [-0.15, -0.1) is 0 Å². The Bertz CT molecular complexity index is 2070. The number of para-hydroxylation sites is 2. The molecular formula is C36H25N3O. The first-order chi connectivity index (χ1) is 19.6. The van der Waals surface area contributed by atoms with E-state index in [4.69, 9.17) is 14.4 Å². The maximum atomic E-state index is 6.49. The smallest absolute Gasteiger partial charge is 0.160 e. The quantitative estimate of drug-likeness (QED) is 0.235. The Morgan fingerprint density at radius 3 is 2.10 bits per heavy atom. The van der Waals surface area contributed by atoms with Gasteiger partial charge >= 0.3 is 0 Å². The fourth-order valence-electron chi connectivity index (χ4n) is 6.20. The standard InChI is InChI=1S/C36H25N3O/c1-36(2)28-14-5-3-11-26(28)32-31(36)33(27-13-9-12-25-24-10-4-6-16-30(24)40-34(25)27)39-35(38-32)23-19-17-22(18-20-23)29-15-7-8-21-37-29/h3-21H,1-2H3. The zero-order valence-electron chi connectivity index (χ0n) is 22.2. The first-order valence-electron chi connectivity index (χ1n) is 13.5. The molecule has 0 saturated heterocycles. The molecule has 0 saturated carbocycles. The third kappa shape index (κ3) is 3.29. The lowest BCUT2D eigenvalue weighted by Crippen LogP contribution is -2.17. The summed E-state index contributed by atoms with van der Waals surface area (Å²) in [5.41, 5.74) is 10.9. The van der Waals surface area contributed by atoms with E-state index in [2.05, 4.69) is 97.7 Å². The molecule has 0 spiro atoms. The fourth-order valence-corrected chi connectivity index (χ4v) is 6.20. The van der Waals surface area contributed by atoms with E-state index in [1.54, 1.807) is 0 Å². The first kappa shape index (κ1) is 22.9. The Morgan fingerprint density at radius 1 is 0.600 bits per heavy atom. The highest BCUT2D eigenvalue weighted by Gasteiger charge is 2.40. The molecule has 40 heavy (non-hydrogen) atoms. The van der Waals surface area contributed by atoms with E-state index in [1.165, 1.54) is 5.56 Å². The van der Waals surface area contributed by atoms with Crippen molar-refractivity contribution in [1.82, 2.24) is 15.0 Å². The van der Waals surface area contributed by atoms with Crippen LogP contribution in [-0.2, 0) is 5.41 Å². The number of fused-ring (bicyclic) bond motifs is 6. The van der Waals surface area contributed by atoms with Crippen molar-refractivity contribution in [3.8, 4) is 45.2 Å². The van der Waals surface area contributed by atoms with E-state index in [-0.39, 0.29) is 5.41 Å². The first-order valence-corrected chi connectivity index (χ1v) is 13.5. The average Bonchev–Trinajstić information content (AvgIpc) is 3.50. The molecule has 7 aromatic rings. The molecule has 1 aliphatic rings. The number of benzene rings is 4. The molecule has 3 aromatic heterocycles. The molecule has 1 aliphatic carbocycles. The van der Waals surface area contributed by atoms with Gasteiger partial charge in [-0.3, -0.25) is 4.98 Å². The minimum atomic E-state index is -0.267. The van der Waals surface area contributed by atoms with Gasteiger partial charge in [0.1, 0.15) is 11.2 Å². The SMILES string of the molecule is CC1(C)c2ccccc2-c2nc(-c3ccc(-c4ccccn4)cc3)nc(-c3cccc4c3oc3ccccc34)c21. The summed E-state index contributed by atoms with van der Waals surface area (Å²) in [5, 5.41) is 2.20. The highest BCUT2D eigenvalue weighted by Crippen LogP contribution is 2.52. The third-order valence-corrected chi connectivity index (χ3v) is 8.15. The molecule has 3 heterocycles. The summed E-state index contributed by atoms with van der Waals surface area (Å²) in [4.78, 5) is 15.0. The highest BCUT2D eigenvalue weighted by atomic mass is 16.3. The zero-order chi connectivity index (χ0) is 26.8. The molecule has 0 fully saturated rings. The van der Waals surface area contributed by atoms with Crippen LogP contribution in [0.5, 0.6) is 0 Å². The van der Waals surface area contributed by atoms with Crippen molar-refractivity contribution in [3.05, 3.63) is 127 Å². The van der Waals surface area contributed by atoms with Gasteiger partial charge in [0.25, 0.3) is 0 Å². The van der Waals surface area contributed by atoms with Gasteiger partial charge in [0.15, 0.2) is 5.82 Å². The summed E-state index contributed by atoms with van der Waals surface area (Å²) < 4.78 is 6.49. The number of furan rings is 1. The summed E-state index contributed by atoms with van der Waals surface area (Å²) in [7, 11) is 0. The van der Waals surface area contributed by atoms with Crippen LogP contribution >= 0.6 is 0 Å². The minimum Gasteiger partial charge on any atom is -0.455 e. The Labute approximate surface area is 232 Å². The van der Waals surface area contributed by atoms with E-state index in [1.807, 2.05) is 36.5 Å². The predicted molar refractivity (Wildman–Crippen MR) is 161 cm³/mol. The highest BCUT2D eigenvalue weighted by molar-refractivity contribution is 6.10. The van der Waals surface area contributed by atoms with Crippen molar-refractivity contribution in [2.75, 3.05) is 0 Å². The molecule has 0 aliphatic heterocycles. The van der Waals surface area contributed by atoms with Crippen molar-refractivity contribution in [1.29, 1.82) is 0 Å². The summed E-state index contributed by atoms with van der Waals surface area (Å²) in [6.07, 6.45) is 1.82. The van der Waals surface area contributed by atoms with Crippen LogP contribution < -0.4 is 0 Å². The van der Waals surface area contributed by atoms with E-state index in [9.17, 15) is 0 Å². The topological polar surface area (TPSA) is 51.8 Å². The van der Waals surface area contributed by atoms with Crippen LogP contribution in [-0.4, -0.2) is 15.0 Å². The van der Waals surface area contributed by atoms with Crippen LogP contribution in [0.1, 0.15) is 25.0 Å². The minimum absolute atomic E-state index is 0.267. The van der Waals surface area contributed by atoms with Gasteiger partial charge in [0.2, 0.25) is 0 Å². The third-order valence-electron chi connectivity index (χ3n) is 8.15. The van der Waals surface area contributed by atoms with Crippen LogP contribution in [0, 0.1) is 0 Å². The molecule has 0 N–H and O–H groups in total. The molecular weight excluding hydrogens is 490 g/mol. The maximum Gasteiger partial charge on any atom is 0.160 e. The van der Waals surface area contributed by atoms with Gasteiger partial charge in [-0.05, 0) is 29.8 Å². The van der Waals surface area contributed by atoms with Crippen LogP contribution in [0.2, 0.25) is 0 Å². The van der Waals surface area contributed by atoms with Crippen LogP contribution in [0.3, 0.4) is 0 Å². The number of nitrogens with zero attached hydrogens (tertiary/aromatic N) is 3. The van der Waals surface area contributed by atoms with Gasteiger partial charge in [-0.1, -0.05) is 98.8 Å². The summed E-state index contributed by atoms with van der Waals surface area (Å²) in [6, 6.07) is 37.5. The van der Waals surface area contributed by atoms with Crippen molar-refractivity contribution in [2.24, 2.45) is 0 Å². The fraction of sp³-hybridized carbons (Fsp3) is 0.0833. The van der Waals surface area contributed by atoms with Gasteiger partial charge in [-0.25, -0.2) is 9.97 Å². The van der Waals surface area contributed by atoms with Gasteiger partial charge in [0, 0.05) is 50.2 Å². The normalized spacial score (nSPS) is 13.4. The average molecular weight is 516 g/mol.